The summed E-state index contributed by atoms with van der Waals surface area (Å²) in [6.07, 6.45) is 3.68. The van der Waals surface area contributed by atoms with Crippen LogP contribution >= 0.6 is 11.6 Å². The molecule has 3 heterocycles. The van der Waals surface area contributed by atoms with E-state index >= 15 is 0 Å². The number of nitrogens with zero attached hydrogens (tertiary/aromatic N) is 4. The van der Waals surface area contributed by atoms with Crippen LogP contribution in [0, 0.1) is 11.3 Å². The Morgan fingerprint density at radius 3 is 2.95 bits per heavy atom. The van der Waals surface area contributed by atoms with Gasteiger partial charge >= 0.3 is 0 Å². The van der Waals surface area contributed by atoms with Gasteiger partial charge < -0.3 is 11.1 Å². The molecular formula is C14H15ClN6. The average Bonchev–Trinajstić information content (AvgIpc) is 2.85. The highest BCUT2D eigenvalue weighted by Crippen LogP contribution is 2.30. The van der Waals surface area contributed by atoms with Gasteiger partial charge in [-0.1, -0.05) is 11.6 Å². The normalized spacial score (nSPS) is 18.4. The molecule has 7 heteroatoms. The molecule has 1 atom stereocenters. The number of aromatic nitrogens is 3. The van der Waals surface area contributed by atoms with Crippen molar-refractivity contribution in [1.29, 1.82) is 5.26 Å². The first-order chi connectivity index (χ1) is 10.2. The van der Waals surface area contributed by atoms with Crippen LogP contribution in [0.4, 0.5) is 5.82 Å². The van der Waals surface area contributed by atoms with Gasteiger partial charge in [0.2, 0.25) is 0 Å². The highest BCUT2D eigenvalue weighted by atomic mass is 35.5. The van der Waals surface area contributed by atoms with Gasteiger partial charge in [0.1, 0.15) is 28.3 Å². The monoisotopic (exact) mass is 302 g/mol. The van der Waals surface area contributed by atoms with Gasteiger partial charge in [0.05, 0.1) is 6.04 Å². The van der Waals surface area contributed by atoms with Crippen molar-refractivity contribution in [3.05, 3.63) is 29.0 Å². The van der Waals surface area contributed by atoms with Crippen LogP contribution in [0.3, 0.4) is 0 Å². The van der Waals surface area contributed by atoms with Gasteiger partial charge in [-0.25, -0.2) is 9.67 Å². The molecule has 2 aromatic rings. The van der Waals surface area contributed by atoms with Crippen LogP contribution in [0.1, 0.15) is 24.4 Å². The lowest BCUT2D eigenvalue weighted by Crippen LogP contribution is -2.32. The number of anilines is 1. The largest absolute Gasteiger partial charge is 0.383 e. The fourth-order valence-electron chi connectivity index (χ4n) is 2.60. The van der Waals surface area contributed by atoms with Crippen molar-refractivity contribution in [2.24, 2.45) is 0 Å². The van der Waals surface area contributed by atoms with E-state index in [9.17, 15) is 5.26 Å². The molecule has 0 spiro atoms. The molecular weight excluding hydrogens is 288 g/mol. The first-order valence-electron chi connectivity index (χ1n) is 6.81. The molecule has 3 rings (SSSR count). The molecule has 0 amide bonds. The molecule has 1 aliphatic rings. The Hall–Kier alpha value is -2.10. The fourth-order valence-corrected chi connectivity index (χ4v) is 2.71. The summed E-state index contributed by atoms with van der Waals surface area (Å²) in [7, 11) is 0. The van der Waals surface area contributed by atoms with E-state index in [2.05, 4.69) is 21.5 Å². The molecule has 0 bridgehead atoms. The number of nitriles is 1. The Morgan fingerprint density at radius 2 is 2.33 bits per heavy atom. The predicted octanol–water partition coefficient (Wildman–Crippen LogP) is 1.98. The van der Waals surface area contributed by atoms with Crippen molar-refractivity contribution < 1.29 is 0 Å². The molecule has 1 fully saturated rings. The maximum atomic E-state index is 9.38. The standard InChI is InChI=1S/C14H15ClN6/c15-12-4-3-9(7-19-12)13-11(6-16)14(17)21(20-13)10-2-1-5-18-8-10/h3-4,7,10,18H,1-2,5,8,17H2. The third-order valence-corrected chi connectivity index (χ3v) is 3.90. The minimum Gasteiger partial charge on any atom is -0.383 e. The number of pyridine rings is 1. The fraction of sp³-hybridized carbons (Fsp3) is 0.357. The smallest absolute Gasteiger partial charge is 0.140 e. The molecule has 3 N–H and O–H groups in total. The van der Waals surface area contributed by atoms with Gasteiger partial charge in [-0.3, -0.25) is 0 Å². The van der Waals surface area contributed by atoms with Gasteiger partial charge in [-0.2, -0.15) is 10.4 Å². The molecule has 108 valence electrons. The molecule has 1 aliphatic heterocycles. The van der Waals surface area contributed by atoms with E-state index in [0.717, 1.165) is 31.5 Å². The highest BCUT2D eigenvalue weighted by Gasteiger charge is 2.23. The Balaban J connectivity index is 2.05. The third-order valence-electron chi connectivity index (χ3n) is 3.68. The number of nitrogen functional groups attached to an aromatic ring is 1. The molecule has 0 radical (unpaired) electrons. The molecule has 0 saturated carbocycles. The zero-order valence-corrected chi connectivity index (χ0v) is 12.1. The van der Waals surface area contributed by atoms with E-state index in [-0.39, 0.29) is 6.04 Å². The van der Waals surface area contributed by atoms with Crippen LogP contribution in [0.5, 0.6) is 0 Å². The van der Waals surface area contributed by atoms with Crippen molar-refractivity contribution in [3.63, 3.8) is 0 Å². The van der Waals surface area contributed by atoms with Crippen molar-refractivity contribution in [1.82, 2.24) is 20.1 Å². The SMILES string of the molecule is N#Cc1c(-c2ccc(Cl)nc2)nn(C2CCCNC2)c1N. The Morgan fingerprint density at radius 1 is 1.48 bits per heavy atom. The minimum atomic E-state index is 0.180. The highest BCUT2D eigenvalue weighted by molar-refractivity contribution is 6.29. The van der Waals surface area contributed by atoms with E-state index < -0.39 is 0 Å². The van der Waals surface area contributed by atoms with Crippen LogP contribution < -0.4 is 11.1 Å². The first kappa shape index (κ1) is 13.9. The summed E-state index contributed by atoms with van der Waals surface area (Å²) in [5.41, 5.74) is 7.81. The lowest BCUT2D eigenvalue weighted by Gasteiger charge is -2.23. The summed E-state index contributed by atoms with van der Waals surface area (Å²) in [5.74, 6) is 0.413. The Kier molecular flexibility index (Phi) is 3.78. The van der Waals surface area contributed by atoms with Gasteiger partial charge in [0, 0.05) is 18.3 Å². The summed E-state index contributed by atoms with van der Waals surface area (Å²) in [6.45, 7) is 1.83. The second-order valence-corrected chi connectivity index (χ2v) is 5.42. The van der Waals surface area contributed by atoms with Crippen LogP contribution in [0.15, 0.2) is 18.3 Å². The molecule has 0 aliphatic carbocycles. The van der Waals surface area contributed by atoms with Crippen molar-refractivity contribution in [3.8, 4) is 17.3 Å². The molecule has 21 heavy (non-hydrogen) atoms. The summed E-state index contributed by atoms with van der Waals surface area (Å²) in [5, 5.41) is 17.7. The second kappa shape index (κ2) is 5.72. The molecule has 2 aromatic heterocycles. The molecule has 1 saturated heterocycles. The maximum absolute atomic E-state index is 9.38. The number of nitrogens with one attached hydrogen (secondary N) is 1. The van der Waals surface area contributed by atoms with Gasteiger partial charge in [-0.15, -0.1) is 0 Å². The number of nitrogens with two attached hydrogens (primary N) is 1. The summed E-state index contributed by atoms with van der Waals surface area (Å²) >= 11 is 5.80. The molecule has 0 aromatic carbocycles. The second-order valence-electron chi connectivity index (χ2n) is 5.03. The Bertz CT molecular complexity index is 679. The van der Waals surface area contributed by atoms with Crippen LogP contribution in [-0.4, -0.2) is 27.9 Å². The van der Waals surface area contributed by atoms with E-state index in [1.54, 1.807) is 23.0 Å². The van der Waals surface area contributed by atoms with Crippen molar-refractivity contribution in [2.45, 2.75) is 18.9 Å². The van der Waals surface area contributed by atoms with E-state index in [0.29, 0.717) is 22.2 Å². The van der Waals surface area contributed by atoms with E-state index in [1.165, 1.54) is 0 Å². The molecule has 6 nitrogen and oxygen atoms in total. The quantitative estimate of drug-likeness (QED) is 0.827. The third kappa shape index (κ3) is 2.58. The number of hydrogen-bond acceptors (Lipinski definition) is 5. The predicted molar refractivity (Wildman–Crippen MR) is 80.7 cm³/mol. The topological polar surface area (TPSA) is 92.5 Å². The lowest BCUT2D eigenvalue weighted by molar-refractivity contribution is 0.351. The Labute approximate surface area is 127 Å². The van der Waals surface area contributed by atoms with Crippen LogP contribution in [-0.2, 0) is 0 Å². The lowest BCUT2D eigenvalue weighted by atomic mass is 10.1. The number of piperidine rings is 1. The number of halogens is 1. The summed E-state index contributed by atoms with van der Waals surface area (Å²) in [6, 6.07) is 5.80. The minimum absolute atomic E-state index is 0.180. The van der Waals surface area contributed by atoms with Crippen molar-refractivity contribution >= 4 is 17.4 Å². The summed E-state index contributed by atoms with van der Waals surface area (Å²) < 4.78 is 1.76. The van der Waals surface area contributed by atoms with E-state index in [4.69, 9.17) is 17.3 Å². The van der Waals surface area contributed by atoms with Crippen molar-refractivity contribution in [2.75, 3.05) is 18.8 Å². The van der Waals surface area contributed by atoms with Gasteiger partial charge in [0.25, 0.3) is 0 Å². The van der Waals surface area contributed by atoms with Crippen LogP contribution in [0.2, 0.25) is 5.15 Å². The van der Waals surface area contributed by atoms with Gasteiger partial charge in [0.15, 0.2) is 0 Å². The van der Waals surface area contributed by atoms with Crippen LogP contribution in [0.25, 0.3) is 11.3 Å². The summed E-state index contributed by atoms with van der Waals surface area (Å²) in [4.78, 5) is 4.04. The molecule has 1 unspecified atom stereocenters. The zero-order valence-electron chi connectivity index (χ0n) is 11.4. The maximum Gasteiger partial charge on any atom is 0.140 e. The zero-order chi connectivity index (χ0) is 14.8. The van der Waals surface area contributed by atoms with E-state index in [1.807, 2.05) is 0 Å². The van der Waals surface area contributed by atoms with Gasteiger partial charge in [-0.05, 0) is 31.5 Å². The number of rotatable bonds is 2. The number of hydrogen-bond donors (Lipinski definition) is 2. The first-order valence-corrected chi connectivity index (χ1v) is 7.19. The average molecular weight is 303 g/mol.